The minimum Gasteiger partial charge on any atom is -0.755 e. The lowest BCUT2D eigenvalue weighted by Gasteiger charge is -2.27. The lowest BCUT2D eigenvalue weighted by Crippen LogP contribution is -2.35. The summed E-state index contributed by atoms with van der Waals surface area (Å²) in [5.74, 6) is -0.332. The Hall–Kier alpha value is -3.98. The molecule has 3 N–H and O–H groups in total. The number of hydrogen-bond donors (Lipinski definition) is 3. The molecule has 0 saturated heterocycles. The third kappa shape index (κ3) is 7.35. The van der Waals surface area contributed by atoms with E-state index in [1.165, 1.54) is 31.4 Å². The molecule has 10 nitrogen and oxygen atoms in total. The Morgan fingerprint density at radius 3 is 2.48 bits per heavy atom. The highest BCUT2D eigenvalue weighted by Gasteiger charge is 2.26. The average Bonchev–Trinajstić information content (AvgIpc) is 2.89. The molecule has 0 aliphatic rings. The fraction of sp³-hybridized carbons (Fsp3) is 0.160. The van der Waals surface area contributed by atoms with Gasteiger partial charge in [0.15, 0.2) is 11.6 Å². The topological polar surface area (TPSA) is 132 Å². The van der Waals surface area contributed by atoms with Gasteiger partial charge in [0.2, 0.25) is 5.91 Å². The van der Waals surface area contributed by atoms with Gasteiger partial charge in [-0.3, -0.25) is 13.3 Å². The first-order valence-corrected chi connectivity index (χ1v) is 12.9. The summed E-state index contributed by atoms with van der Waals surface area (Å²) in [7, 11) is 1.48. The summed E-state index contributed by atoms with van der Waals surface area (Å²) in [6.07, 6.45) is -4.47. The number of methoxy groups -OCH3 is 1. The van der Waals surface area contributed by atoms with Crippen LogP contribution in [0.15, 0.2) is 66.7 Å². The van der Waals surface area contributed by atoms with Crippen molar-refractivity contribution >= 4 is 68.5 Å². The minimum absolute atomic E-state index is 0.0452. The molecule has 1 amide bonds. The predicted molar refractivity (Wildman–Crippen MR) is 146 cm³/mol. The van der Waals surface area contributed by atoms with Crippen LogP contribution < -0.4 is 25.0 Å². The standard InChI is InChI=1S/C25H22ClF3N6O4S/c1-39-17-9-10-18(26)21(12-17)33-23-24(34-20-8-3-2-7-19(20)32-23)35(40(37)38)16-6-4-5-15(11-16)31-22(36)13-30-14-25(27,28)29/h2-12,30H,13-14H2,1H3,(H,31,36)(H,32,33)(H,37,38)/p-1. The van der Waals surface area contributed by atoms with Gasteiger partial charge in [-0.25, -0.2) is 9.97 Å². The van der Waals surface area contributed by atoms with Crippen LogP contribution in [0.3, 0.4) is 0 Å². The molecule has 1 aromatic heterocycles. The zero-order chi connectivity index (χ0) is 28.9. The molecule has 1 heterocycles. The Balaban J connectivity index is 1.71. The van der Waals surface area contributed by atoms with Crippen molar-refractivity contribution in [3.05, 3.63) is 71.8 Å². The number of para-hydroxylation sites is 2. The fourth-order valence-electron chi connectivity index (χ4n) is 3.58. The molecule has 15 heteroatoms. The van der Waals surface area contributed by atoms with E-state index in [1.54, 1.807) is 42.5 Å². The summed E-state index contributed by atoms with van der Waals surface area (Å²) in [6, 6.07) is 17.4. The van der Waals surface area contributed by atoms with E-state index in [0.29, 0.717) is 27.5 Å². The molecule has 40 heavy (non-hydrogen) atoms. The Labute approximate surface area is 233 Å². The number of nitrogens with one attached hydrogen (secondary N) is 3. The van der Waals surface area contributed by atoms with Crippen molar-refractivity contribution < 1.29 is 31.5 Å². The molecule has 0 aliphatic heterocycles. The number of nitrogens with zero attached hydrogens (tertiary/aromatic N) is 3. The largest absolute Gasteiger partial charge is 0.755 e. The highest BCUT2D eigenvalue weighted by molar-refractivity contribution is 7.81. The number of ether oxygens (including phenoxy) is 1. The summed E-state index contributed by atoms with van der Waals surface area (Å²) in [6.45, 7) is -1.94. The van der Waals surface area contributed by atoms with Crippen LogP contribution in [0.2, 0.25) is 5.02 Å². The smallest absolute Gasteiger partial charge is 0.401 e. The van der Waals surface area contributed by atoms with Gasteiger partial charge in [-0.2, -0.15) is 13.2 Å². The van der Waals surface area contributed by atoms with Crippen LogP contribution in [0.5, 0.6) is 5.75 Å². The quantitative estimate of drug-likeness (QED) is 0.218. The van der Waals surface area contributed by atoms with Crippen LogP contribution >= 0.6 is 11.6 Å². The van der Waals surface area contributed by atoms with Crippen LogP contribution in [0, 0.1) is 0 Å². The molecule has 0 radical (unpaired) electrons. The number of anilines is 5. The van der Waals surface area contributed by atoms with E-state index in [4.69, 9.17) is 16.3 Å². The van der Waals surface area contributed by atoms with Crippen LogP contribution in [0.1, 0.15) is 0 Å². The Morgan fingerprint density at radius 1 is 1.07 bits per heavy atom. The first-order valence-electron chi connectivity index (χ1n) is 11.5. The van der Waals surface area contributed by atoms with Gasteiger partial charge < -0.3 is 25.2 Å². The third-order valence-electron chi connectivity index (χ3n) is 5.30. The number of fused-ring (bicyclic) bond motifs is 1. The Kier molecular flexibility index (Phi) is 9.04. The van der Waals surface area contributed by atoms with Crippen molar-refractivity contribution in [2.45, 2.75) is 6.18 Å². The summed E-state index contributed by atoms with van der Waals surface area (Å²) >= 11 is 3.42. The number of alkyl halides is 3. The van der Waals surface area contributed by atoms with Gasteiger partial charge in [-0.15, -0.1) is 0 Å². The van der Waals surface area contributed by atoms with Crippen LogP contribution in [-0.2, 0) is 16.1 Å². The summed E-state index contributed by atoms with van der Waals surface area (Å²) in [5.41, 5.74) is 1.45. The van der Waals surface area contributed by atoms with Crippen LogP contribution in [-0.4, -0.2) is 51.0 Å². The summed E-state index contributed by atoms with van der Waals surface area (Å²) in [4.78, 5) is 21.2. The molecule has 0 aliphatic carbocycles. The molecule has 0 saturated carbocycles. The van der Waals surface area contributed by atoms with Crippen molar-refractivity contribution in [3.8, 4) is 5.75 Å². The number of hydrogen-bond acceptors (Lipinski definition) is 8. The van der Waals surface area contributed by atoms with Gasteiger partial charge in [0.05, 0.1) is 58.9 Å². The number of carbonyl (C=O) groups is 1. The molecular formula is C25H21ClF3N6O4S-. The van der Waals surface area contributed by atoms with Gasteiger partial charge in [0.25, 0.3) is 0 Å². The fourth-order valence-corrected chi connectivity index (χ4v) is 4.30. The number of benzene rings is 3. The van der Waals surface area contributed by atoms with E-state index in [2.05, 4.69) is 20.6 Å². The molecule has 0 spiro atoms. The van der Waals surface area contributed by atoms with E-state index in [0.717, 1.165) is 4.31 Å². The second-order valence-corrected chi connectivity index (χ2v) is 9.39. The summed E-state index contributed by atoms with van der Waals surface area (Å²) in [5, 5.41) is 7.76. The van der Waals surface area contributed by atoms with Crippen molar-refractivity contribution in [2.24, 2.45) is 0 Å². The molecule has 4 aromatic rings. The maximum atomic E-state index is 12.6. The van der Waals surface area contributed by atoms with Gasteiger partial charge >= 0.3 is 6.18 Å². The highest BCUT2D eigenvalue weighted by Crippen LogP contribution is 2.37. The SMILES string of the molecule is COc1ccc(Cl)c(Nc2nc3ccccc3nc2N(c2cccc(NC(=O)CNCC(F)(F)F)c2)S(=O)[O-])c1. The third-order valence-corrected chi connectivity index (χ3v) is 6.31. The van der Waals surface area contributed by atoms with Crippen molar-refractivity contribution in [2.75, 3.05) is 35.1 Å². The average molecular weight is 594 g/mol. The number of aromatic nitrogens is 2. The maximum absolute atomic E-state index is 12.6. The molecule has 210 valence electrons. The summed E-state index contributed by atoms with van der Waals surface area (Å²) < 4.78 is 68.3. The number of carbonyl (C=O) groups excluding carboxylic acids is 1. The second kappa shape index (κ2) is 12.5. The van der Waals surface area contributed by atoms with E-state index < -0.39 is 36.4 Å². The Bertz CT molecular complexity index is 1560. The molecular weight excluding hydrogens is 573 g/mol. The first-order chi connectivity index (χ1) is 19.0. The monoisotopic (exact) mass is 593 g/mol. The van der Waals surface area contributed by atoms with E-state index in [1.807, 2.05) is 5.32 Å². The van der Waals surface area contributed by atoms with E-state index >= 15 is 0 Å². The maximum Gasteiger partial charge on any atom is 0.401 e. The molecule has 0 bridgehead atoms. The zero-order valence-corrected chi connectivity index (χ0v) is 22.2. The number of rotatable bonds is 10. The van der Waals surface area contributed by atoms with Crippen molar-refractivity contribution in [3.63, 3.8) is 0 Å². The molecule has 0 fully saturated rings. The first kappa shape index (κ1) is 29.0. The van der Waals surface area contributed by atoms with E-state index in [9.17, 15) is 26.7 Å². The van der Waals surface area contributed by atoms with Gasteiger partial charge in [-0.05, 0) is 42.5 Å². The predicted octanol–water partition coefficient (Wildman–Crippen LogP) is 5.06. The molecule has 3 aromatic carbocycles. The Morgan fingerprint density at radius 2 is 1.80 bits per heavy atom. The lowest BCUT2D eigenvalue weighted by atomic mass is 10.2. The second-order valence-electron chi connectivity index (χ2n) is 8.18. The van der Waals surface area contributed by atoms with Gasteiger partial charge in [0, 0.05) is 11.8 Å². The molecule has 4 rings (SSSR count). The van der Waals surface area contributed by atoms with Gasteiger partial charge in [-0.1, -0.05) is 29.8 Å². The van der Waals surface area contributed by atoms with Crippen molar-refractivity contribution in [1.82, 2.24) is 15.3 Å². The van der Waals surface area contributed by atoms with E-state index in [-0.39, 0.29) is 23.0 Å². The lowest BCUT2D eigenvalue weighted by molar-refractivity contribution is -0.126. The number of halogens is 4. The normalized spacial score (nSPS) is 12.2. The van der Waals surface area contributed by atoms with Crippen molar-refractivity contribution in [1.29, 1.82) is 0 Å². The zero-order valence-electron chi connectivity index (χ0n) is 20.7. The number of amides is 1. The highest BCUT2D eigenvalue weighted by atomic mass is 35.5. The van der Waals surface area contributed by atoms with Crippen LogP contribution in [0.25, 0.3) is 11.0 Å². The van der Waals surface area contributed by atoms with Gasteiger partial charge in [0.1, 0.15) is 5.75 Å². The molecule has 1 atom stereocenters. The molecule has 1 unspecified atom stereocenters. The van der Waals surface area contributed by atoms with Crippen LogP contribution in [0.4, 0.5) is 41.9 Å². The minimum atomic E-state index is -4.47.